The third-order valence-corrected chi connectivity index (χ3v) is 7.53. The topological polar surface area (TPSA) is 75.7 Å². The SMILES string of the molecule is O=C1CCC[C@@H]2[C@H](C[C@H](c3ccccc3)N2S(=O)(=O)CCOc2ccccc2)N1. The Kier molecular flexibility index (Phi) is 5.87. The zero-order valence-electron chi connectivity index (χ0n) is 16.2. The molecule has 2 aromatic rings. The highest BCUT2D eigenvalue weighted by Crippen LogP contribution is 2.41. The van der Waals surface area contributed by atoms with Gasteiger partial charge in [-0.25, -0.2) is 8.42 Å². The van der Waals surface area contributed by atoms with E-state index in [1.165, 1.54) is 0 Å². The van der Waals surface area contributed by atoms with Gasteiger partial charge in [0, 0.05) is 18.5 Å². The second kappa shape index (κ2) is 8.55. The number of carbonyl (C=O) groups is 1. The van der Waals surface area contributed by atoms with Crippen molar-refractivity contribution >= 4 is 15.9 Å². The molecule has 4 rings (SSSR count). The highest BCUT2D eigenvalue weighted by atomic mass is 32.2. The van der Waals surface area contributed by atoms with Gasteiger partial charge in [-0.2, -0.15) is 4.31 Å². The van der Waals surface area contributed by atoms with Gasteiger partial charge in [0.25, 0.3) is 0 Å². The number of nitrogens with zero attached hydrogens (tertiary/aromatic N) is 1. The molecule has 2 saturated heterocycles. The van der Waals surface area contributed by atoms with Crippen molar-refractivity contribution in [2.24, 2.45) is 0 Å². The van der Waals surface area contributed by atoms with Gasteiger partial charge in [-0.3, -0.25) is 4.79 Å². The van der Waals surface area contributed by atoms with Crippen molar-refractivity contribution < 1.29 is 17.9 Å². The molecule has 0 spiro atoms. The molecule has 0 aliphatic carbocycles. The lowest BCUT2D eigenvalue weighted by atomic mass is 10.0. The zero-order valence-corrected chi connectivity index (χ0v) is 17.1. The molecule has 2 heterocycles. The Morgan fingerprint density at radius 1 is 1.03 bits per heavy atom. The number of benzene rings is 2. The van der Waals surface area contributed by atoms with Gasteiger partial charge < -0.3 is 10.1 Å². The van der Waals surface area contributed by atoms with E-state index in [4.69, 9.17) is 4.74 Å². The van der Waals surface area contributed by atoms with Crippen molar-refractivity contribution in [2.45, 2.75) is 43.8 Å². The molecule has 0 saturated carbocycles. The normalized spacial score (nSPS) is 25.1. The maximum atomic E-state index is 13.4. The first-order valence-electron chi connectivity index (χ1n) is 10.1. The van der Waals surface area contributed by atoms with E-state index in [0.717, 1.165) is 5.56 Å². The molecule has 2 aliphatic heterocycles. The van der Waals surface area contributed by atoms with Gasteiger partial charge in [-0.15, -0.1) is 0 Å². The minimum atomic E-state index is -3.57. The predicted octanol–water partition coefficient (Wildman–Crippen LogP) is 2.88. The Balaban J connectivity index is 1.56. The lowest BCUT2D eigenvalue weighted by Gasteiger charge is -2.30. The molecule has 2 aromatic carbocycles. The van der Waals surface area contributed by atoms with E-state index in [0.29, 0.717) is 31.4 Å². The van der Waals surface area contributed by atoms with Crippen LogP contribution in [0.4, 0.5) is 0 Å². The van der Waals surface area contributed by atoms with E-state index >= 15 is 0 Å². The van der Waals surface area contributed by atoms with Crippen LogP contribution in [0.15, 0.2) is 60.7 Å². The standard InChI is InChI=1S/C22H26N2O4S/c25-22-13-7-12-20-19(23-22)16-21(17-8-3-1-4-9-17)24(20)29(26,27)15-14-28-18-10-5-2-6-11-18/h1-6,8-11,19-21H,7,12-16H2,(H,23,25)/t19-,20+,21+/m0/s1. The summed E-state index contributed by atoms with van der Waals surface area (Å²) in [6.07, 6.45) is 2.43. The number of hydrogen-bond donors (Lipinski definition) is 1. The van der Waals surface area contributed by atoms with E-state index in [1.54, 1.807) is 4.31 Å². The van der Waals surface area contributed by atoms with Crippen molar-refractivity contribution in [1.82, 2.24) is 9.62 Å². The fourth-order valence-corrected chi connectivity index (χ4v) is 6.15. The number of rotatable bonds is 6. The quantitative estimate of drug-likeness (QED) is 0.789. The van der Waals surface area contributed by atoms with Crippen LogP contribution in [0.5, 0.6) is 5.75 Å². The molecule has 2 fully saturated rings. The van der Waals surface area contributed by atoms with E-state index in [2.05, 4.69) is 5.32 Å². The fraction of sp³-hybridized carbons (Fsp3) is 0.409. The summed E-state index contributed by atoms with van der Waals surface area (Å²) < 4.78 is 34.1. The van der Waals surface area contributed by atoms with Crippen LogP contribution in [-0.4, -0.2) is 43.1 Å². The Morgan fingerprint density at radius 3 is 2.45 bits per heavy atom. The third kappa shape index (κ3) is 4.46. The maximum absolute atomic E-state index is 13.4. The largest absolute Gasteiger partial charge is 0.492 e. The van der Waals surface area contributed by atoms with Crippen molar-refractivity contribution in [3.05, 3.63) is 66.2 Å². The number of amides is 1. The van der Waals surface area contributed by atoms with Gasteiger partial charge in [-0.05, 0) is 37.0 Å². The van der Waals surface area contributed by atoms with Gasteiger partial charge in [0.2, 0.25) is 15.9 Å². The van der Waals surface area contributed by atoms with Crippen molar-refractivity contribution in [3.8, 4) is 5.75 Å². The molecule has 7 heteroatoms. The van der Waals surface area contributed by atoms with Gasteiger partial charge in [0.1, 0.15) is 12.4 Å². The summed E-state index contributed by atoms with van der Waals surface area (Å²) in [4.78, 5) is 12.1. The Labute approximate surface area is 171 Å². The summed E-state index contributed by atoms with van der Waals surface area (Å²) in [7, 11) is -3.57. The zero-order chi connectivity index (χ0) is 20.3. The van der Waals surface area contributed by atoms with E-state index < -0.39 is 10.0 Å². The molecule has 154 valence electrons. The van der Waals surface area contributed by atoms with Crippen molar-refractivity contribution in [3.63, 3.8) is 0 Å². The smallest absolute Gasteiger partial charge is 0.220 e. The maximum Gasteiger partial charge on any atom is 0.220 e. The fourth-order valence-electron chi connectivity index (χ4n) is 4.39. The Morgan fingerprint density at radius 2 is 1.72 bits per heavy atom. The second-order valence-corrected chi connectivity index (χ2v) is 9.60. The molecular formula is C22H26N2O4S. The predicted molar refractivity (Wildman–Crippen MR) is 111 cm³/mol. The van der Waals surface area contributed by atoms with Crippen LogP contribution in [0, 0.1) is 0 Å². The van der Waals surface area contributed by atoms with Gasteiger partial charge in [0.15, 0.2) is 0 Å². The average Bonchev–Trinajstić information content (AvgIpc) is 2.98. The molecule has 1 N–H and O–H groups in total. The number of fused-ring (bicyclic) bond motifs is 1. The van der Waals surface area contributed by atoms with Gasteiger partial charge >= 0.3 is 0 Å². The molecule has 3 atom stereocenters. The molecule has 0 bridgehead atoms. The summed E-state index contributed by atoms with van der Waals surface area (Å²) >= 11 is 0. The van der Waals surface area contributed by atoms with Crippen LogP contribution in [-0.2, 0) is 14.8 Å². The van der Waals surface area contributed by atoms with Gasteiger partial charge in [0.05, 0.1) is 11.8 Å². The minimum absolute atomic E-state index is 0.0102. The molecule has 0 aromatic heterocycles. The van der Waals surface area contributed by atoms with Crippen LogP contribution in [0.25, 0.3) is 0 Å². The minimum Gasteiger partial charge on any atom is -0.492 e. The molecule has 1 amide bonds. The van der Waals surface area contributed by atoms with Gasteiger partial charge in [-0.1, -0.05) is 48.5 Å². The first kappa shape index (κ1) is 19.9. The molecular weight excluding hydrogens is 388 g/mol. The Hall–Kier alpha value is -2.38. The molecule has 2 aliphatic rings. The van der Waals surface area contributed by atoms with E-state index in [1.807, 2.05) is 60.7 Å². The average molecular weight is 415 g/mol. The lowest BCUT2D eigenvalue weighted by Crippen LogP contribution is -2.46. The molecule has 29 heavy (non-hydrogen) atoms. The first-order valence-corrected chi connectivity index (χ1v) is 11.7. The summed E-state index contributed by atoms with van der Waals surface area (Å²) in [6, 6.07) is 18.3. The number of carbonyl (C=O) groups excluding carboxylic acids is 1. The third-order valence-electron chi connectivity index (χ3n) is 5.68. The number of ether oxygens (including phenoxy) is 1. The second-order valence-electron chi connectivity index (χ2n) is 7.60. The summed E-state index contributed by atoms with van der Waals surface area (Å²) in [5.41, 5.74) is 0.961. The number of nitrogens with one attached hydrogen (secondary N) is 1. The molecule has 0 unspecified atom stereocenters. The summed E-state index contributed by atoms with van der Waals surface area (Å²) in [6.45, 7) is 0.0914. The highest BCUT2D eigenvalue weighted by molar-refractivity contribution is 7.89. The van der Waals surface area contributed by atoms with Crippen LogP contribution < -0.4 is 10.1 Å². The van der Waals surface area contributed by atoms with Crippen LogP contribution in [0.1, 0.15) is 37.3 Å². The van der Waals surface area contributed by atoms with Crippen LogP contribution in [0.2, 0.25) is 0 Å². The van der Waals surface area contributed by atoms with E-state index in [-0.39, 0.29) is 36.4 Å². The van der Waals surface area contributed by atoms with Crippen LogP contribution >= 0.6 is 0 Å². The lowest BCUT2D eigenvalue weighted by molar-refractivity contribution is -0.121. The monoisotopic (exact) mass is 414 g/mol. The number of hydrogen-bond acceptors (Lipinski definition) is 4. The molecule has 0 radical (unpaired) electrons. The van der Waals surface area contributed by atoms with Crippen molar-refractivity contribution in [2.75, 3.05) is 12.4 Å². The highest BCUT2D eigenvalue weighted by Gasteiger charge is 2.48. The van der Waals surface area contributed by atoms with Crippen molar-refractivity contribution in [1.29, 1.82) is 0 Å². The summed E-state index contributed by atoms with van der Waals surface area (Å²) in [5, 5.41) is 3.05. The Bertz CT molecular complexity index is 934. The number of sulfonamides is 1. The van der Waals surface area contributed by atoms with E-state index in [9.17, 15) is 13.2 Å². The summed E-state index contributed by atoms with van der Waals surface area (Å²) in [5.74, 6) is 0.571. The molecule has 6 nitrogen and oxygen atoms in total. The number of para-hydroxylation sites is 1. The van der Waals surface area contributed by atoms with Crippen LogP contribution in [0.3, 0.4) is 0 Å². The first-order chi connectivity index (χ1) is 14.0.